The number of hydrogen-bond acceptors (Lipinski definition) is 3. The van der Waals surface area contributed by atoms with Crippen LogP contribution in [0.5, 0.6) is 0 Å². The zero-order valence-corrected chi connectivity index (χ0v) is 6.75. The number of nitrogens with zero attached hydrogens (tertiary/aromatic N) is 1. The van der Waals surface area contributed by atoms with E-state index >= 15 is 0 Å². The minimum atomic E-state index is -2.99. The summed E-state index contributed by atoms with van der Waals surface area (Å²) in [6.07, 6.45) is -2.76. The third-order valence-corrected chi connectivity index (χ3v) is 1.54. The van der Waals surface area contributed by atoms with Crippen molar-refractivity contribution in [3.63, 3.8) is 0 Å². The number of alkyl halides is 2. The van der Waals surface area contributed by atoms with Gasteiger partial charge in [0, 0.05) is 6.07 Å². The van der Waals surface area contributed by atoms with Gasteiger partial charge in [-0.2, -0.15) is 5.26 Å². The van der Waals surface area contributed by atoms with Gasteiger partial charge in [-0.15, -0.1) is 0 Å². The Bertz CT molecular complexity index is 459. The molecule has 0 bridgehead atoms. The van der Waals surface area contributed by atoms with E-state index in [-0.39, 0.29) is 12.0 Å². The molecule has 0 aliphatic rings. The summed E-state index contributed by atoms with van der Waals surface area (Å²) in [7, 11) is 0. The fourth-order valence-electron chi connectivity index (χ4n) is 0.943. The van der Waals surface area contributed by atoms with Crippen LogP contribution in [0, 0.1) is 11.3 Å². The first kappa shape index (κ1) is 10.1. The first-order valence-corrected chi connectivity index (χ1v) is 3.50. The average molecular weight is 198 g/mol. The molecule has 0 saturated carbocycles. The van der Waals surface area contributed by atoms with Crippen molar-refractivity contribution in [3.05, 3.63) is 33.2 Å². The molecule has 0 atom stereocenters. The van der Waals surface area contributed by atoms with Crippen molar-refractivity contribution in [1.29, 1.82) is 5.26 Å². The Morgan fingerprint density at radius 2 is 2.21 bits per heavy atom. The molecular formula is C8H4F2N2O2. The molecular weight excluding hydrogens is 194 g/mol. The third-order valence-electron chi connectivity index (χ3n) is 1.54. The Balaban J connectivity index is 3.53. The lowest BCUT2D eigenvalue weighted by molar-refractivity contribution is 0.111. The highest BCUT2D eigenvalue weighted by Crippen LogP contribution is 2.17. The standard InChI is InChI=1S/C8H4F2N2O2/c9-8(10)7-5(2-11)6(14)1-4(3-13)12-7/h1,3,8H,(H,12,14). The van der Waals surface area contributed by atoms with Gasteiger partial charge in [0.05, 0.1) is 5.69 Å². The van der Waals surface area contributed by atoms with Crippen molar-refractivity contribution in [3.8, 4) is 6.07 Å². The Labute approximate surface area is 76.8 Å². The van der Waals surface area contributed by atoms with E-state index in [1.807, 2.05) is 4.98 Å². The smallest absolute Gasteiger partial charge is 0.279 e. The van der Waals surface area contributed by atoms with Crippen LogP contribution < -0.4 is 5.43 Å². The number of nitriles is 1. The molecule has 72 valence electrons. The van der Waals surface area contributed by atoms with Crippen LogP contribution >= 0.6 is 0 Å². The van der Waals surface area contributed by atoms with E-state index in [0.29, 0.717) is 0 Å². The quantitative estimate of drug-likeness (QED) is 0.720. The minimum Gasteiger partial charge on any atom is -0.350 e. The van der Waals surface area contributed by atoms with Gasteiger partial charge in [0.15, 0.2) is 6.29 Å². The second-order valence-corrected chi connectivity index (χ2v) is 2.41. The first-order valence-electron chi connectivity index (χ1n) is 3.50. The lowest BCUT2D eigenvalue weighted by Crippen LogP contribution is -2.13. The van der Waals surface area contributed by atoms with Crippen molar-refractivity contribution in [2.75, 3.05) is 0 Å². The van der Waals surface area contributed by atoms with Gasteiger partial charge < -0.3 is 4.98 Å². The predicted molar refractivity (Wildman–Crippen MR) is 42.1 cm³/mol. The number of carbonyl (C=O) groups excluding carboxylic acids is 1. The number of nitrogens with one attached hydrogen (secondary N) is 1. The maximum atomic E-state index is 12.3. The minimum absolute atomic E-state index is 0.231. The van der Waals surface area contributed by atoms with E-state index < -0.39 is 23.1 Å². The highest BCUT2D eigenvalue weighted by Gasteiger charge is 2.17. The lowest BCUT2D eigenvalue weighted by Gasteiger charge is -2.02. The molecule has 0 unspecified atom stereocenters. The number of halogens is 2. The van der Waals surface area contributed by atoms with Crippen LogP contribution in [-0.2, 0) is 0 Å². The fourth-order valence-corrected chi connectivity index (χ4v) is 0.943. The molecule has 0 fully saturated rings. The van der Waals surface area contributed by atoms with Crippen molar-refractivity contribution >= 4 is 6.29 Å². The molecule has 0 spiro atoms. The number of hydrogen-bond donors (Lipinski definition) is 1. The van der Waals surface area contributed by atoms with Gasteiger partial charge in [0.2, 0.25) is 5.43 Å². The molecule has 1 heterocycles. The summed E-state index contributed by atoms with van der Waals surface area (Å²) in [6.45, 7) is 0. The number of aldehydes is 1. The van der Waals surface area contributed by atoms with Crippen LogP contribution in [0.25, 0.3) is 0 Å². The van der Waals surface area contributed by atoms with E-state index in [2.05, 4.69) is 0 Å². The van der Waals surface area contributed by atoms with Gasteiger partial charge in [-0.25, -0.2) is 8.78 Å². The molecule has 14 heavy (non-hydrogen) atoms. The van der Waals surface area contributed by atoms with Crippen LogP contribution in [0.15, 0.2) is 10.9 Å². The number of carbonyl (C=O) groups is 1. The summed E-state index contributed by atoms with van der Waals surface area (Å²) in [5.41, 5.74) is -2.64. The molecule has 0 saturated heterocycles. The van der Waals surface area contributed by atoms with E-state index in [9.17, 15) is 18.4 Å². The molecule has 0 aliphatic carbocycles. The lowest BCUT2D eigenvalue weighted by atomic mass is 10.2. The normalized spacial score (nSPS) is 9.86. The predicted octanol–water partition coefficient (Wildman–Crippen LogP) is 0.997. The van der Waals surface area contributed by atoms with Gasteiger partial charge in [0.25, 0.3) is 6.43 Å². The summed E-state index contributed by atoms with van der Waals surface area (Å²) in [5.74, 6) is 0. The van der Waals surface area contributed by atoms with E-state index in [4.69, 9.17) is 5.26 Å². The number of rotatable bonds is 2. The second kappa shape index (κ2) is 3.79. The molecule has 0 aliphatic heterocycles. The van der Waals surface area contributed by atoms with E-state index in [0.717, 1.165) is 6.07 Å². The molecule has 1 N–H and O–H groups in total. The molecule has 0 amide bonds. The second-order valence-electron chi connectivity index (χ2n) is 2.41. The summed E-state index contributed by atoms with van der Waals surface area (Å²) in [4.78, 5) is 23.3. The van der Waals surface area contributed by atoms with Gasteiger partial charge in [-0.3, -0.25) is 9.59 Å². The maximum absolute atomic E-state index is 12.3. The Morgan fingerprint density at radius 3 is 2.64 bits per heavy atom. The van der Waals surface area contributed by atoms with Gasteiger partial charge in [0.1, 0.15) is 17.3 Å². The molecule has 0 radical (unpaired) electrons. The van der Waals surface area contributed by atoms with Crippen LogP contribution in [0.3, 0.4) is 0 Å². The van der Waals surface area contributed by atoms with Crippen molar-refractivity contribution in [2.24, 2.45) is 0 Å². The van der Waals surface area contributed by atoms with Gasteiger partial charge >= 0.3 is 0 Å². The molecule has 4 nitrogen and oxygen atoms in total. The van der Waals surface area contributed by atoms with E-state index in [1.54, 1.807) is 0 Å². The van der Waals surface area contributed by atoms with Crippen LogP contribution in [0.2, 0.25) is 0 Å². The van der Waals surface area contributed by atoms with Crippen molar-refractivity contribution in [2.45, 2.75) is 6.43 Å². The van der Waals surface area contributed by atoms with E-state index in [1.165, 1.54) is 6.07 Å². The number of aromatic nitrogens is 1. The molecule has 1 rings (SSSR count). The average Bonchev–Trinajstić information content (AvgIpc) is 2.16. The van der Waals surface area contributed by atoms with Crippen LogP contribution in [0.1, 0.15) is 28.2 Å². The monoisotopic (exact) mass is 198 g/mol. The SMILES string of the molecule is N#Cc1c(C(F)F)[nH]c(C=O)cc1=O. The fraction of sp³-hybridized carbons (Fsp3) is 0.125. The zero-order chi connectivity index (χ0) is 10.7. The molecule has 6 heteroatoms. The summed E-state index contributed by atoms with van der Waals surface area (Å²) < 4.78 is 24.5. The molecule has 1 aromatic rings. The van der Waals surface area contributed by atoms with Gasteiger partial charge in [-0.1, -0.05) is 0 Å². The largest absolute Gasteiger partial charge is 0.350 e. The summed E-state index contributed by atoms with van der Waals surface area (Å²) >= 11 is 0. The van der Waals surface area contributed by atoms with Crippen molar-refractivity contribution in [1.82, 2.24) is 4.98 Å². The van der Waals surface area contributed by atoms with Crippen LogP contribution in [0.4, 0.5) is 8.78 Å². The summed E-state index contributed by atoms with van der Waals surface area (Å²) in [5, 5.41) is 8.42. The molecule has 1 aromatic heterocycles. The highest BCUT2D eigenvalue weighted by molar-refractivity contribution is 5.72. The molecule has 0 aromatic carbocycles. The van der Waals surface area contributed by atoms with Crippen LogP contribution in [-0.4, -0.2) is 11.3 Å². The van der Waals surface area contributed by atoms with Crippen molar-refractivity contribution < 1.29 is 13.6 Å². The topological polar surface area (TPSA) is 73.7 Å². The third kappa shape index (κ3) is 1.66. The Morgan fingerprint density at radius 1 is 1.57 bits per heavy atom. The Hall–Kier alpha value is -2.03. The number of pyridine rings is 1. The first-order chi connectivity index (χ1) is 6.60. The Kier molecular flexibility index (Phi) is 2.72. The number of aromatic amines is 1. The van der Waals surface area contributed by atoms with Gasteiger partial charge in [-0.05, 0) is 0 Å². The maximum Gasteiger partial charge on any atom is 0.279 e. The highest BCUT2D eigenvalue weighted by atomic mass is 19.3. The zero-order valence-electron chi connectivity index (χ0n) is 6.75. The summed E-state index contributed by atoms with van der Waals surface area (Å²) in [6, 6.07) is 2.16. The number of H-pyrrole nitrogens is 1.